The number of nitrogens with zero attached hydrogens (tertiary/aromatic N) is 2. The fourth-order valence-corrected chi connectivity index (χ4v) is 2.78. The average molecular weight is 409 g/mol. The van der Waals surface area contributed by atoms with Crippen molar-refractivity contribution in [1.29, 1.82) is 0 Å². The molecule has 2 rings (SSSR count). The summed E-state index contributed by atoms with van der Waals surface area (Å²) in [7, 11) is 1.47. The first-order valence-electron chi connectivity index (χ1n) is 8.96. The quantitative estimate of drug-likeness (QED) is 0.517. The van der Waals surface area contributed by atoms with E-state index in [4.69, 9.17) is 21.1 Å². The number of benzene rings is 1. The Bertz CT molecular complexity index is 851. The Labute approximate surface area is 169 Å². The van der Waals surface area contributed by atoms with Gasteiger partial charge in [0.15, 0.2) is 11.5 Å². The Morgan fingerprint density at radius 2 is 1.96 bits per heavy atom. The summed E-state index contributed by atoms with van der Waals surface area (Å²) in [4.78, 5) is 24.4. The first kappa shape index (κ1) is 21.6. The Hall–Kier alpha value is -2.74. The molecule has 1 heterocycles. The van der Waals surface area contributed by atoms with E-state index in [1.165, 1.54) is 19.2 Å². The van der Waals surface area contributed by atoms with E-state index < -0.39 is 11.8 Å². The zero-order valence-electron chi connectivity index (χ0n) is 16.5. The minimum atomic E-state index is -0.526. The van der Waals surface area contributed by atoms with Crippen LogP contribution in [0.4, 0.5) is 0 Å². The van der Waals surface area contributed by atoms with Crippen molar-refractivity contribution in [3.8, 4) is 11.5 Å². The monoisotopic (exact) mass is 408 g/mol. The lowest BCUT2D eigenvalue weighted by Gasteiger charge is -2.14. The molecule has 2 amide bonds. The lowest BCUT2D eigenvalue weighted by atomic mass is 10.2. The summed E-state index contributed by atoms with van der Waals surface area (Å²) in [6.07, 6.45) is 1.86. The predicted octanol–water partition coefficient (Wildman–Crippen LogP) is 2.80. The van der Waals surface area contributed by atoms with Gasteiger partial charge in [-0.2, -0.15) is 5.10 Å². The minimum absolute atomic E-state index is 0.00572. The Morgan fingerprint density at radius 3 is 2.57 bits per heavy atom. The van der Waals surface area contributed by atoms with Crippen LogP contribution >= 0.6 is 11.6 Å². The predicted molar refractivity (Wildman–Crippen MR) is 106 cm³/mol. The molecule has 1 aromatic heterocycles. The highest BCUT2D eigenvalue weighted by Crippen LogP contribution is 2.36. The number of unbranched alkanes of at least 4 members (excludes halogenated alkanes) is 1. The van der Waals surface area contributed by atoms with Gasteiger partial charge in [-0.3, -0.25) is 25.1 Å². The standard InChI is InChI=1S/C19H25ClN4O4/c1-5-6-7-28-18-15(20)9-14(10-16(18)27-4)19(26)22-21-17(25)11-24-13(3)8-12(2)23-24/h8-10H,5-7,11H2,1-4H3,(H,21,25)(H,22,26). The number of hydrogen-bond donors (Lipinski definition) is 2. The van der Waals surface area contributed by atoms with Crippen LogP contribution < -0.4 is 20.3 Å². The fraction of sp³-hybridized carbons (Fsp3) is 0.421. The first-order valence-corrected chi connectivity index (χ1v) is 9.34. The van der Waals surface area contributed by atoms with Crippen molar-refractivity contribution >= 4 is 23.4 Å². The van der Waals surface area contributed by atoms with Crippen molar-refractivity contribution in [1.82, 2.24) is 20.6 Å². The Morgan fingerprint density at radius 1 is 1.21 bits per heavy atom. The molecule has 1 aromatic carbocycles. The number of halogens is 1. The van der Waals surface area contributed by atoms with E-state index in [0.29, 0.717) is 18.1 Å². The van der Waals surface area contributed by atoms with Crippen LogP contribution in [0.5, 0.6) is 11.5 Å². The molecule has 0 spiro atoms. The molecule has 0 aliphatic rings. The summed E-state index contributed by atoms with van der Waals surface area (Å²) in [6, 6.07) is 4.84. The van der Waals surface area contributed by atoms with Crippen LogP contribution in [0.25, 0.3) is 0 Å². The summed E-state index contributed by atoms with van der Waals surface area (Å²) in [6.45, 7) is 6.24. The summed E-state index contributed by atoms with van der Waals surface area (Å²) < 4.78 is 12.5. The molecule has 28 heavy (non-hydrogen) atoms. The van der Waals surface area contributed by atoms with Crippen LogP contribution in [-0.2, 0) is 11.3 Å². The maximum Gasteiger partial charge on any atom is 0.269 e. The van der Waals surface area contributed by atoms with Gasteiger partial charge < -0.3 is 9.47 Å². The number of hydrogen-bond acceptors (Lipinski definition) is 5. The van der Waals surface area contributed by atoms with Gasteiger partial charge in [-0.05, 0) is 38.5 Å². The van der Waals surface area contributed by atoms with E-state index in [1.54, 1.807) is 4.68 Å². The maximum atomic E-state index is 12.4. The number of amides is 2. The number of aromatic nitrogens is 2. The smallest absolute Gasteiger partial charge is 0.269 e. The topological polar surface area (TPSA) is 94.5 Å². The molecular formula is C19H25ClN4O4. The second-order valence-electron chi connectivity index (χ2n) is 6.28. The fourth-order valence-electron chi connectivity index (χ4n) is 2.52. The molecule has 0 atom stereocenters. The Balaban J connectivity index is 2.00. The Kier molecular flexibility index (Phi) is 7.69. The zero-order chi connectivity index (χ0) is 20.7. The molecule has 152 valence electrons. The zero-order valence-corrected chi connectivity index (χ0v) is 17.2. The van der Waals surface area contributed by atoms with Gasteiger partial charge in [0.1, 0.15) is 6.54 Å². The first-order chi connectivity index (χ1) is 13.3. The van der Waals surface area contributed by atoms with Gasteiger partial charge >= 0.3 is 0 Å². The number of ether oxygens (including phenoxy) is 2. The van der Waals surface area contributed by atoms with E-state index in [0.717, 1.165) is 24.2 Å². The van der Waals surface area contributed by atoms with Gasteiger partial charge in [-0.25, -0.2) is 0 Å². The highest BCUT2D eigenvalue weighted by atomic mass is 35.5. The SMILES string of the molecule is CCCCOc1c(Cl)cc(C(=O)NNC(=O)Cn2nc(C)cc2C)cc1OC. The summed E-state index contributed by atoms with van der Waals surface area (Å²) in [5.41, 5.74) is 6.63. The van der Waals surface area contributed by atoms with E-state index in [-0.39, 0.29) is 17.1 Å². The molecule has 0 saturated heterocycles. The summed E-state index contributed by atoms with van der Waals surface area (Å²) >= 11 is 6.24. The highest BCUT2D eigenvalue weighted by molar-refractivity contribution is 6.32. The van der Waals surface area contributed by atoms with Crippen molar-refractivity contribution in [3.63, 3.8) is 0 Å². The largest absolute Gasteiger partial charge is 0.493 e. The highest BCUT2D eigenvalue weighted by Gasteiger charge is 2.17. The van der Waals surface area contributed by atoms with Crippen molar-refractivity contribution < 1.29 is 19.1 Å². The average Bonchev–Trinajstić information content (AvgIpc) is 2.97. The van der Waals surface area contributed by atoms with Crippen LogP contribution in [-0.4, -0.2) is 35.3 Å². The number of aryl methyl sites for hydroxylation is 2. The van der Waals surface area contributed by atoms with Crippen molar-refractivity contribution in [3.05, 3.63) is 40.2 Å². The minimum Gasteiger partial charge on any atom is -0.493 e. The third-order valence-electron chi connectivity index (χ3n) is 3.95. The maximum absolute atomic E-state index is 12.4. The molecule has 0 aliphatic carbocycles. The molecule has 8 nitrogen and oxygen atoms in total. The molecule has 2 N–H and O–H groups in total. The molecule has 0 aliphatic heterocycles. The van der Waals surface area contributed by atoms with Crippen molar-refractivity contribution in [2.75, 3.05) is 13.7 Å². The molecule has 0 saturated carbocycles. The molecule has 0 bridgehead atoms. The number of nitrogens with one attached hydrogen (secondary N) is 2. The number of carbonyl (C=O) groups is 2. The number of hydrazine groups is 1. The van der Waals surface area contributed by atoms with Crippen LogP contribution in [0.2, 0.25) is 5.02 Å². The molecule has 2 aromatic rings. The van der Waals surface area contributed by atoms with Crippen molar-refractivity contribution in [2.45, 2.75) is 40.2 Å². The van der Waals surface area contributed by atoms with Crippen LogP contribution in [0, 0.1) is 13.8 Å². The summed E-state index contributed by atoms with van der Waals surface area (Å²) in [5.74, 6) is -0.190. The van der Waals surface area contributed by atoms with Gasteiger partial charge in [-0.15, -0.1) is 0 Å². The molecule has 9 heteroatoms. The van der Waals surface area contributed by atoms with E-state index in [2.05, 4.69) is 22.9 Å². The summed E-state index contributed by atoms with van der Waals surface area (Å²) in [5, 5.41) is 4.46. The number of rotatable bonds is 8. The normalized spacial score (nSPS) is 10.5. The second kappa shape index (κ2) is 9.98. The molecule has 0 radical (unpaired) electrons. The van der Waals surface area contributed by atoms with Gasteiger partial charge in [0, 0.05) is 11.3 Å². The van der Waals surface area contributed by atoms with E-state index >= 15 is 0 Å². The van der Waals surface area contributed by atoms with Gasteiger partial charge in [0.05, 0.1) is 24.4 Å². The molecule has 0 fully saturated rings. The van der Waals surface area contributed by atoms with Crippen LogP contribution in [0.3, 0.4) is 0 Å². The van der Waals surface area contributed by atoms with Crippen LogP contribution in [0.15, 0.2) is 18.2 Å². The van der Waals surface area contributed by atoms with E-state index in [9.17, 15) is 9.59 Å². The number of methoxy groups -OCH3 is 1. The lowest BCUT2D eigenvalue weighted by Crippen LogP contribution is -2.43. The molecular weight excluding hydrogens is 384 g/mol. The van der Waals surface area contributed by atoms with Crippen LogP contribution in [0.1, 0.15) is 41.5 Å². The molecule has 0 unspecified atom stereocenters. The van der Waals surface area contributed by atoms with E-state index in [1.807, 2.05) is 19.9 Å². The number of carbonyl (C=O) groups excluding carboxylic acids is 2. The van der Waals surface area contributed by atoms with Gasteiger partial charge in [0.25, 0.3) is 11.8 Å². The van der Waals surface area contributed by atoms with Gasteiger partial charge in [0.2, 0.25) is 0 Å². The van der Waals surface area contributed by atoms with Gasteiger partial charge in [-0.1, -0.05) is 24.9 Å². The third-order valence-corrected chi connectivity index (χ3v) is 4.23. The lowest BCUT2D eigenvalue weighted by molar-refractivity contribution is -0.122. The third kappa shape index (κ3) is 5.63. The second-order valence-corrected chi connectivity index (χ2v) is 6.69. The van der Waals surface area contributed by atoms with Crippen molar-refractivity contribution in [2.24, 2.45) is 0 Å².